The number of unbranched alkanes of at least 4 members (excludes halogenated alkanes) is 1. The molecule has 3 aromatic rings. The normalized spacial score (nSPS) is 12.0. The minimum Gasteiger partial charge on any atom is -0.354 e. The van der Waals surface area contributed by atoms with Gasteiger partial charge in [-0.3, -0.25) is 13.9 Å². The SMILES string of the molecule is CCCCNC(=O)[C@@H](Cc1ccccc1)N(Cc1ccc(Cl)cc1Cl)C(=O)CCCN(c1ccc(C)c(C)c1)S(C)(=O)=O. The molecule has 232 valence electrons. The van der Waals surface area contributed by atoms with Crippen LogP contribution in [0.25, 0.3) is 0 Å². The molecule has 10 heteroatoms. The van der Waals surface area contributed by atoms with Crippen LogP contribution in [-0.2, 0) is 32.6 Å². The molecule has 3 aromatic carbocycles. The number of carbonyl (C=O) groups is 2. The van der Waals surface area contributed by atoms with Crippen molar-refractivity contribution >= 4 is 50.7 Å². The first kappa shape index (κ1) is 34.4. The Labute approximate surface area is 266 Å². The molecule has 3 rings (SSSR count). The largest absolute Gasteiger partial charge is 0.354 e. The summed E-state index contributed by atoms with van der Waals surface area (Å²) in [5.74, 6) is -0.519. The first-order valence-electron chi connectivity index (χ1n) is 14.5. The molecule has 0 radical (unpaired) electrons. The molecular weight excluding hydrogens is 605 g/mol. The summed E-state index contributed by atoms with van der Waals surface area (Å²) >= 11 is 12.6. The Kier molecular flexibility index (Phi) is 12.9. The van der Waals surface area contributed by atoms with Crippen LogP contribution < -0.4 is 9.62 Å². The van der Waals surface area contributed by atoms with Crippen LogP contribution in [0.4, 0.5) is 5.69 Å². The Bertz CT molecular complexity index is 1500. The van der Waals surface area contributed by atoms with Crippen molar-refractivity contribution in [1.82, 2.24) is 10.2 Å². The highest BCUT2D eigenvalue weighted by Gasteiger charge is 2.31. The number of rotatable bonds is 15. The molecule has 0 heterocycles. The van der Waals surface area contributed by atoms with Gasteiger partial charge in [0.05, 0.1) is 11.9 Å². The van der Waals surface area contributed by atoms with Gasteiger partial charge in [0, 0.05) is 42.5 Å². The van der Waals surface area contributed by atoms with Crippen LogP contribution in [0.15, 0.2) is 66.7 Å². The second-order valence-electron chi connectivity index (χ2n) is 10.8. The zero-order valence-corrected chi connectivity index (χ0v) is 27.6. The molecule has 7 nitrogen and oxygen atoms in total. The molecule has 0 saturated carbocycles. The van der Waals surface area contributed by atoms with Crippen molar-refractivity contribution in [2.45, 2.75) is 65.5 Å². The molecule has 0 aromatic heterocycles. The van der Waals surface area contributed by atoms with Gasteiger partial charge in [-0.15, -0.1) is 0 Å². The molecule has 0 aliphatic carbocycles. The summed E-state index contributed by atoms with van der Waals surface area (Å²) in [5.41, 5.74) is 4.17. The zero-order chi connectivity index (χ0) is 31.6. The van der Waals surface area contributed by atoms with Gasteiger partial charge in [-0.25, -0.2) is 8.42 Å². The quantitative estimate of drug-likeness (QED) is 0.186. The number of halogens is 2. The maximum absolute atomic E-state index is 14.0. The Morgan fingerprint density at radius 1 is 0.930 bits per heavy atom. The van der Waals surface area contributed by atoms with E-state index in [1.165, 1.54) is 4.31 Å². The van der Waals surface area contributed by atoms with Gasteiger partial charge in [0.15, 0.2) is 0 Å². The lowest BCUT2D eigenvalue weighted by Gasteiger charge is -2.32. The van der Waals surface area contributed by atoms with Crippen LogP contribution in [0, 0.1) is 13.8 Å². The summed E-state index contributed by atoms with van der Waals surface area (Å²) in [6.07, 6.45) is 3.52. The van der Waals surface area contributed by atoms with Crippen LogP contribution in [0.5, 0.6) is 0 Å². The number of aryl methyl sites for hydroxylation is 2. The van der Waals surface area contributed by atoms with Crippen molar-refractivity contribution in [2.75, 3.05) is 23.7 Å². The summed E-state index contributed by atoms with van der Waals surface area (Å²) in [5, 5.41) is 3.87. The van der Waals surface area contributed by atoms with Crippen LogP contribution in [0.2, 0.25) is 10.0 Å². The molecule has 0 fully saturated rings. The average Bonchev–Trinajstić information content (AvgIpc) is 2.95. The molecule has 0 spiro atoms. The third kappa shape index (κ3) is 10.3. The standard InChI is InChI=1S/C33H41Cl2N3O4S/c1-5-6-18-36-33(40)31(21-26-11-8-7-9-12-26)37(23-27-15-16-28(34)22-30(27)35)32(39)13-10-19-38(43(4,41)42)29-17-14-24(2)25(3)20-29/h7-9,11-12,14-17,20,22,31H,5-6,10,13,18-19,21,23H2,1-4H3,(H,36,40)/t31-/m1/s1. The fourth-order valence-electron chi connectivity index (χ4n) is 4.78. The van der Waals surface area contributed by atoms with Crippen molar-refractivity contribution in [1.29, 1.82) is 0 Å². The lowest BCUT2D eigenvalue weighted by molar-refractivity contribution is -0.141. The van der Waals surface area contributed by atoms with Gasteiger partial charge in [0.2, 0.25) is 21.8 Å². The summed E-state index contributed by atoms with van der Waals surface area (Å²) in [6.45, 7) is 6.66. The van der Waals surface area contributed by atoms with Gasteiger partial charge < -0.3 is 10.2 Å². The number of sulfonamides is 1. The van der Waals surface area contributed by atoms with E-state index in [9.17, 15) is 18.0 Å². The van der Waals surface area contributed by atoms with Crippen molar-refractivity contribution in [3.8, 4) is 0 Å². The fraction of sp³-hybridized carbons (Fsp3) is 0.394. The highest BCUT2D eigenvalue weighted by Crippen LogP contribution is 2.26. The summed E-state index contributed by atoms with van der Waals surface area (Å²) < 4.78 is 26.8. The lowest BCUT2D eigenvalue weighted by Crippen LogP contribution is -2.50. The number of amides is 2. The van der Waals surface area contributed by atoms with E-state index in [0.29, 0.717) is 34.3 Å². The first-order valence-corrected chi connectivity index (χ1v) is 17.1. The molecule has 0 saturated heterocycles. The fourth-order valence-corrected chi connectivity index (χ4v) is 6.20. The van der Waals surface area contributed by atoms with Gasteiger partial charge >= 0.3 is 0 Å². The zero-order valence-electron chi connectivity index (χ0n) is 25.3. The summed E-state index contributed by atoms with van der Waals surface area (Å²) in [7, 11) is -3.59. The summed E-state index contributed by atoms with van der Waals surface area (Å²) in [6, 6.07) is 19.3. The molecule has 1 atom stereocenters. The number of carbonyl (C=O) groups excluding carboxylic acids is 2. The van der Waals surface area contributed by atoms with E-state index in [4.69, 9.17) is 23.2 Å². The van der Waals surface area contributed by atoms with Crippen LogP contribution in [0.1, 0.15) is 54.9 Å². The predicted molar refractivity (Wildman–Crippen MR) is 176 cm³/mol. The average molecular weight is 647 g/mol. The third-order valence-electron chi connectivity index (χ3n) is 7.39. The molecule has 0 aliphatic rings. The van der Waals surface area contributed by atoms with E-state index < -0.39 is 16.1 Å². The van der Waals surface area contributed by atoms with E-state index in [0.717, 1.165) is 35.8 Å². The molecule has 43 heavy (non-hydrogen) atoms. The number of nitrogens with one attached hydrogen (secondary N) is 1. The Hall–Kier alpha value is -3.07. The highest BCUT2D eigenvalue weighted by atomic mass is 35.5. The van der Waals surface area contributed by atoms with Gasteiger partial charge in [-0.1, -0.05) is 79.0 Å². The Balaban J connectivity index is 1.90. The van der Waals surface area contributed by atoms with Crippen LogP contribution >= 0.6 is 23.2 Å². The number of anilines is 1. The number of benzene rings is 3. The van der Waals surface area contributed by atoms with Crippen LogP contribution in [-0.4, -0.2) is 50.5 Å². The van der Waals surface area contributed by atoms with Crippen molar-refractivity contribution in [2.24, 2.45) is 0 Å². The second kappa shape index (κ2) is 16.1. The predicted octanol–water partition coefficient (Wildman–Crippen LogP) is 6.71. The van der Waals surface area contributed by atoms with Crippen molar-refractivity contribution in [3.63, 3.8) is 0 Å². The van der Waals surface area contributed by atoms with Crippen LogP contribution in [0.3, 0.4) is 0 Å². The van der Waals surface area contributed by atoms with E-state index in [1.807, 2.05) is 63.2 Å². The number of hydrogen-bond donors (Lipinski definition) is 1. The molecule has 1 N–H and O–H groups in total. The van der Waals surface area contributed by atoms with Gasteiger partial charge in [0.1, 0.15) is 6.04 Å². The van der Waals surface area contributed by atoms with E-state index in [1.54, 1.807) is 29.2 Å². The topological polar surface area (TPSA) is 86.8 Å². The summed E-state index contributed by atoms with van der Waals surface area (Å²) in [4.78, 5) is 29.1. The minimum absolute atomic E-state index is 0.0373. The van der Waals surface area contributed by atoms with Crippen molar-refractivity contribution in [3.05, 3.63) is 99.0 Å². The van der Waals surface area contributed by atoms with Gasteiger partial charge in [0.25, 0.3) is 0 Å². The van der Waals surface area contributed by atoms with Gasteiger partial charge in [-0.05, 0) is 73.2 Å². The van der Waals surface area contributed by atoms with E-state index in [-0.39, 0.29) is 37.7 Å². The van der Waals surface area contributed by atoms with E-state index in [2.05, 4.69) is 5.32 Å². The smallest absolute Gasteiger partial charge is 0.243 e. The maximum Gasteiger partial charge on any atom is 0.243 e. The number of nitrogens with zero attached hydrogens (tertiary/aromatic N) is 2. The molecule has 0 aliphatic heterocycles. The molecule has 0 unspecified atom stereocenters. The number of hydrogen-bond acceptors (Lipinski definition) is 4. The van der Waals surface area contributed by atoms with Crippen molar-refractivity contribution < 1.29 is 18.0 Å². The molecular formula is C33H41Cl2N3O4S. The van der Waals surface area contributed by atoms with Gasteiger partial charge in [-0.2, -0.15) is 0 Å². The second-order valence-corrected chi connectivity index (χ2v) is 13.6. The molecule has 0 bridgehead atoms. The minimum atomic E-state index is -3.59. The molecule has 2 amide bonds. The Morgan fingerprint density at radius 3 is 2.28 bits per heavy atom. The monoisotopic (exact) mass is 645 g/mol. The highest BCUT2D eigenvalue weighted by molar-refractivity contribution is 7.92. The first-order chi connectivity index (χ1) is 20.4. The Morgan fingerprint density at radius 2 is 1.65 bits per heavy atom. The van der Waals surface area contributed by atoms with E-state index >= 15 is 0 Å². The third-order valence-corrected chi connectivity index (χ3v) is 9.17. The lowest BCUT2D eigenvalue weighted by atomic mass is 10.0. The maximum atomic E-state index is 14.0.